The highest BCUT2D eigenvalue weighted by Gasteiger charge is 2.40. The molecule has 0 bridgehead atoms. The van der Waals surface area contributed by atoms with Gasteiger partial charge in [0.1, 0.15) is 23.4 Å². The quantitative estimate of drug-likeness (QED) is 0.926. The van der Waals surface area contributed by atoms with Crippen molar-refractivity contribution in [2.75, 3.05) is 6.61 Å². The van der Waals surface area contributed by atoms with Gasteiger partial charge in [-0.25, -0.2) is 0 Å². The third-order valence-corrected chi connectivity index (χ3v) is 5.25. The Morgan fingerprint density at radius 3 is 2.83 bits per heavy atom. The minimum Gasteiger partial charge on any atom is -0.492 e. The number of amidine groups is 1. The zero-order chi connectivity index (χ0) is 16.5. The van der Waals surface area contributed by atoms with Crippen molar-refractivity contribution in [3.63, 3.8) is 0 Å². The average Bonchev–Trinajstić information content (AvgIpc) is 3.15. The van der Waals surface area contributed by atoms with Gasteiger partial charge in [-0.3, -0.25) is 4.79 Å². The predicted molar refractivity (Wildman–Crippen MR) is 93.5 cm³/mol. The highest BCUT2D eigenvalue weighted by Crippen LogP contribution is 2.43. The Hall–Kier alpha value is -2.47. The molecule has 5 nitrogen and oxygen atoms in total. The Balaban J connectivity index is 1.48. The molecule has 2 aliphatic rings. The molecule has 2 aromatic rings. The van der Waals surface area contributed by atoms with Crippen molar-refractivity contribution in [2.45, 2.75) is 17.8 Å². The maximum Gasteiger partial charge on any atom is 0.262 e. The van der Waals surface area contributed by atoms with Gasteiger partial charge >= 0.3 is 0 Å². The Morgan fingerprint density at radius 2 is 2.08 bits per heavy atom. The van der Waals surface area contributed by atoms with Crippen LogP contribution in [0.2, 0.25) is 0 Å². The summed E-state index contributed by atoms with van der Waals surface area (Å²) in [4.78, 5) is 15.7. The van der Waals surface area contributed by atoms with Crippen LogP contribution in [0.3, 0.4) is 0 Å². The third kappa shape index (κ3) is 2.85. The van der Waals surface area contributed by atoms with E-state index in [4.69, 9.17) is 15.2 Å². The van der Waals surface area contributed by atoms with Crippen molar-refractivity contribution in [1.82, 2.24) is 0 Å². The second-order valence-electron chi connectivity index (χ2n) is 5.72. The van der Waals surface area contributed by atoms with Crippen LogP contribution in [0.5, 0.6) is 11.5 Å². The number of carbonyl (C=O) groups is 1. The van der Waals surface area contributed by atoms with Crippen LogP contribution in [0.25, 0.3) is 0 Å². The minimum absolute atomic E-state index is 0.0227. The first-order chi connectivity index (χ1) is 11.7. The van der Waals surface area contributed by atoms with Crippen molar-refractivity contribution in [3.05, 3.63) is 59.7 Å². The van der Waals surface area contributed by atoms with E-state index in [1.54, 1.807) is 0 Å². The van der Waals surface area contributed by atoms with E-state index < -0.39 is 0 Å². The van der Waals surface area contributed by atoms with Crippen LogP contribution in [-0.4, -0.2) is 22.9 Å². The first kappa shape index (κ1) is 15.1. The summed E-state index contributed by atoms with van der Waals surface area (Å²) in [5.74, 6) is 1.32. The van der Waals surface area contributed by atoms with Crippen molar-refractivity contribution in [1.29, 1.82) is 0 Å². The molecule has 0 aromatic heterocycles. The molecular formula is C18H16N2O3S. The largest absolute Gasteiger partial charge is 0.492 e. The van der Waals surface area contributed by atoms with E-state index in [-0.39, 0.29) is 17.1 Å². The number of thioether (sulfide) groups is 1. The predicted octanol–water partition coefficient (Wildman–Crippen LogP) is 2.70. The second-order valence-corrected chi connectivity index (χ2v) is 6.88. The smallest absolute Gasteiger partial charge is 0.262 e. The van der Waals surface area contributed by atoms with Gasteiger partial charge in [-0.15, -0.1) is 0 Å². The molecule has 2 N–H and O–H groups in total. The SMILES string of the molecule is NC1=NC(=O)C(C2COc3cc(OCc4ccccc4)ccc32)S1. The molecule has 2 atom stereocenters. The van der Waals surface area contributed by atoms with Gasteiger partial charge in [0.2, 0.25) is 0 Å². The van der Waals surface area contributed by atoms with E-state index in [1.165, 1.54) is 11.8 Å². The van der Waals surface area contributed by atoms with E-state index in [0.29, 0.717) is 18.4 Å². The Kier molecular flexibility index (Phi) is 3.90. The summed E-state index contributed by atoms with van der Waals surface area (Å²) < 4.78 is 11.6. The molecule has 2 aliphatic heterocycles. The Bertz CT molecular complexity index is 807. The summed E-state index contributed by atoms with van der Waals surface area (Å²) in [6.45, 7) is 0.966. The van der Waals surface area contributed by atoms with Crippen molar-refractivity contribution in [3.8, 4) is 11.5 Å². The topological polar surface area (TPSA) is 73.9 Å². The van der Waals surface area contributed by atoms with Gasteiger partial charge in [0, 0.05) is 17.5 Å². The summed E-state index contributed by atoms with van der Waals surface area (Å²) in [5, 5.41) is 0.0450. The standard InChI is InChI=1S/C18H16N2O3S/c19-18-20-17(21)16(24-18)14-10-23-15-8-12(6-7-13(14)15)22-9-11-4-2-1-3-5-11/h1-8,14,16H,9-10H2,(H2,19,20,21). The summed E-state index contributed by atoms with van der Waals surface area (Å²) >= 11 is 1.31. The minimum atomic E-state index is -0.290. The molecular weight excluding hydrogens is 324 g/mol. The average molecular weight is 340 g/mol. The molecule has 0 saturated carbocycles. The summed E-state index contributed by atoms with van der Waals surface area (Å²) in [6, 6.07) is 15.8. The first-order valence-electron chi connectivity index (χ1n) is 7.69. The lowest BCUT2D eigenvalue weighted by molar-refractivity contribution is -0.117. The van der Waals surface area contributed by atoms with E-state index in [2.05, 4.69) is 4.99 Å². The fraction of sp³-hybridized carbons (Fsp3) is 0.222. The van der Waals surface area contributed by atoms with E-state index in [1.807, 2.05) is 48.5 Å². The van der Waals surface area contributed by atoms with E-state index >= 15 is 0 Å². The number of ether oxygens (including phenoxy) is 2. The van der Waals surface area contributed by atoms with Crippen LogP contribution < -0.4 is 15.2 Å². The van der Waals surface area contributed by atoms with Gasteiger partial charge in [0.05, 0.1) is 6.61 Å². The number of hydrogen-bond acceptors (Lipinski definition) is 5. The van der Waals surface area contributed by atoms with Crippen LogP contribution in [0, 0.1) is 0 Å². The van der Waals surface area contributed by atoms with Crippen molar-refractivity contribution < 1.29 is 14.3 Å². The number of carbonyl (C=O) groups excluding carboxylic acids is 1. The van der Waals surface area contributed by atoms with Gasteiger partial charge in [-0.05, 0) is 11.6 Å². The lowest BCUT2D eigenvalue weighted by Gasteiger charge is -2.14. The molecule has 0 saturated heterocycles. The van der Waals surface area contributed by atoms with Gasteiger partial charge in [0.25, 0.3) is 5.91 Å². The van der Waals surface area contributed by atoms with Gasteiger partial charge in [-0.2, -0.15) is 4.99 Å². The van der Waals surface area contributed by atoms with E-state index in [9.17, 15) is 4.79 Å². The normalized spacial score (nSPS) is 22.0. The fourth-order valence-electron chi connectivity index (χ4n) is 2.93. The maximum absolute atomic E-state index is 11.9. The number of amides is 1. The third-order valence-electron chi connectivity index (χ3n) is 4.13. The van der Waals surface area contributed by atoms with Gasteiger partial charge < -0.3 is 15.2 Å². The zero-order valence-corrected chi connectivity index (χ0v) is 13.7. The number of benzene rings is 2. The van der Waals surface area contributed by atoms with Crippen LogP contribution >= 0.6 is 11.8 Å². The molecule has 2 heterocycles. The maximum atomic E-state index is 11.9. The lowest BCUT2D eigenvalue weighted by Crippen LogP contribution is -2.22. The second kappa shape index (κ2) is 6.20. The number of nitrogens with two attached hydrogens (primary N) is 1. The molecule has 0 aliphatic carbocycles. The lowest BCUT2D eigenvalue weighted by atomic mass is 9.97. The van der Waals surface area contributed by atoms with Crippen LogP contribution in [-0.2, 0) is 11.4 Å². The molecule has 4 rings (SSSR count). The molecule has 0 spiro atoms. The summed E-state index contributed by atoms with van der Waals surface area (Å²) in [7, 11) is 0. The molecule has 122 valence electrons. The summed E-state index contributed by atoms with van der Waals surface area (Å²) in [6.07, 6.45) is 0. The number of rotatable bonds is 4. The molecule has 1 amide bonds. The Labute approximate surface area is 143 Å². The van der Waals surface area contributed by atoms with Crippen molar-refractivity contribution in [2.24, 2.45) is 10.7 Å². The van der Waals surface area contributed by atoms with Crippen LogP contribution in [0.4, 0.5) is 0 Å². The molecule has 0 fully saturated rings. The van der Waals surface area contributed by atoms with Crippen molar-refractivity contribution >= 4 is 22.8 Å². The zero-order valence-electron chi connectivity index (χ0n) is 12.8. The number of aliphatic imine (C=N–C) groups is 1. The van der Waals surface area contributed by atoms with E-state index in [0.717, 1.165) is 22.6 Å². The molecule has 24 heavy (non-hydrogen) atoms. The Morgan fingerprint density at radius 1 is 1.25 bits per heavy atom. The molecule has 2 unspecified atom stereocenters. The number of nitrogens with zero attached hydrogens (tertiary/aromatic N) is 1. The van der Waals surface area contributed by atoms with Gasteiger partial charge in [0.15, 0.2) is 5.17 Å². The molecule has 0 radical (unpaired) electrons. The van der Waals surface area contributed by atoms with Crippen LogP contribution in [0.15, 0.2) is 53.5 Å². The number of fused-ring (bicyclic) bond motifs is 1. The van der Waals surface area contributed by atoms with Crippen LogP contribution in [0.1, 0.15) is 17.0 Å². The number of hydrogen-bond donors (Lipinski definition) is 1. The molecule has 2 aromatic carbocycles. The highest BCUT2D eigenvalue weighted by molar-refractivity contribution is 8.15. The van der Waals surface area contributed by atoms with Gasteiger partial charge in [-0.1, -0.05) is 48.2 Å². The monoisotopic (exact) mass is 340 g/mol. The first-order valence-corrected chi connectivity index (χ1v) is 8.57. The highest BCUT2D eigenvalue weighted by atomic mass is 32.2. The fourth-order valence-corrected chi connectivity index (χ4v) is 3.88. The molecule has 6 heteroatoms. The summed E-state index contributed by atoms with van der Waals surface area (Å²) in [5.41, 5.74) is 7.77.